The summed E-state index contributed by atoms with van der Waals surface area (Å²) in [7, 11) is 1.52. The maximum absolute atomic E-state index is 13.2. The zero-order chi connectivity index (χ0) is 25.1. The predicted molar refractivity (Wildman–Crippen MR) is 137 cm³/mol. The number of aromatic nitrogens is 1. The predicted octanol–water partition coefficient (Wildman–Crippen LogP) is 5.36. The maximum Gasteiger partial charge on any atom is 0.301 e. The molecule has 1 N–H and O–H groups in total. The van der Waals surface area contributed by atoms with E-state index in [0.29, 0.717) is 34.4 Å². The third-order valence-corrected chi connectivity index (χ3v) is 6.63. The summed E-state index contributed by atoms with van der Waals surface area (Å²) in [4.78, 5) is 31.9. The maximum atomic E-state index is 13.2. The zero-order valence-corrected chi connectivity index (χ0v) is 20.1. The third-order valence-electron chi connectivity index (χ3n) is 5.86. The number of nitrogens with zero attached hydrogens (tertiary/aromatic N) is 2. The summed E-state index contributed by atoms with van der Waals surface area (Å²) >= 11 is 1.24. The quantitative estimate of drug-likeness (QED) is 0.210. The summed E-state index contributed by atoms with van der Waals surface area (Å²) in [6, 6.07) is 22.8. The van der Waals surface area contributed by atoms with Crippen LogP contribution in [0, 0.1) is 0 Å². The topological polar surface area (TPSA) is 89.0 Å². The lowest BCUT2D eigenvalue weighted by Gasteiger charge is -2.23. The molecule has 0 saturated carbocycles. The fourth-order valence-corrected chi connectivity index (χ4v) is 4.76. The van der Waals surface area contributed by atoms with Crippen LogP contribution in [0.4, 0.5) is 5.13 Å². The van der Waals surface area contributed by atoms with Gasteiger partial charge in [0.25, 0.3) is 5.78 Å². The fourth-order valence-electron chi connectivity index (χ4n) is 4.09. The number of aliphatic hydroxyl groups is 1. The number of hydrogen-bond acceptors (Lipinski definition) is 7. The number of carbonyl (C=O) groups is 2. The molecule has 180 valence electrons. The van der Waals surface area contributed by atoms with Gasteiger partial charge in [-0.3, -0.25) is 14.5 Å². The number of hydrogen-bond donors (Lipinski definition) is 1. The number of Topliss-reactive ketones (excluding diaryl/α,β-unsaturated/α-hetero) is 1. The lowest BCUT2D eigenvalue weighted by atomic mass is 9.95. The summed E-state index contributed by atoms with van der Waals surface area (Å²) in [5.74, 6) is -0.643. The van der Waals surface area contributed by atoms with Crippen molar-refractivity contribution >= 4 is 33.9 Å². The average molecular weight is 499 g/mol. The molecular weight excluding hydrogens is 476 g/mol. The van der Waals surface area contributed by atoms with Gasteiger partial charge in [0.15, 0.2) is 5.13 Å². The number of anilines is 1. The standard InChI is InChI=1S/C28H22N2O5S/c1-34-22-9-5-8-20(16-22)25(31)23-24(30(27(33)26(23)32)28-29-14-15-36-28)19-10-12-21(13-11-19)35-17-18-6-3-2-4-7-18/h2-16,24,31H,17H2,1H3/b25-23+. The van der Waals surface area contributed by atoms with Gasteiger partial charge in [-0.1, -0.05) is 54.6 Å². The Balaban J connectivity index is 1.54. The first-order chi connectivity index (χ1) is 17.6. The van der Waals surface area contributed by atoms with Crippen molar-refractivity contribution in [1.82, 2.24) is 4.98 Å². The number of ether oxygens (including phenoxy) is 2. The Bertz CT molecular complexity index is 1420. The molecule has 7 nitrogen and oxygen atoms in total. The van der Waals surface area contributed by atoms with Gasteiger partial charge >= 0.3 is 5.91 Å². The fraction of sp³-hybridized carbons (Fsp3) is 0.107. The third kappa shape index (κ3) is 4.46. The number of thiazole rings is 1. The van der Waals surface area contributed by atoms with Gasteiger partial charge in [-0.15, -0.1) is 11.3 Å². The SMILES string of the molecule is COc1cccc(/C(O)=C2\C(=O)C(=O)N(c3nccs3)C2c2ccc(OCc3ccccc3)cc2)c1. The molecule has 4 aromatic rings. The molecule has 0 spiro atoms. The molecule has 1 unspecified atom stereocenters. The van der Waals surface area contributed by atoms with Gasteiger partial charge in [-0.05, 0) is 35.4 Å². The molecule has 1 aliphatic heterocycles. The normalized spacial score (nSPS) is 16.8. The minimum Gasteiger partial charge on any atom is -0.507 e. The number of rotatable bonds is 7. The van der Waals surface area contributed by atoms with E-state index >= 15 is 0 Å². The lowest BCUT2D eigenvalue weighted by Crippen LogP contribution is -2.29. The Morgan fingerprint density at radius 1 is 1.00 bits per heavy atom. The summed E-state index contributed by atoms with van der Waals surface area (Å²) in [6.07, 6.45) is 1.57. The molecule has 5 rings (SSSR count). The first-order valence-electron chi connectivity index (χ1n) is 11.2. The molecule has 0 bridgehead atoms. The van der Waals surface area contributed by atoms with E-state index in [2.05, 4.69) is 4.98 Å². The first-order valence-corrected chi connectivity index (χ1v) is 12.1. The number of aliphatic hydroxyl groups excluding tert-OH is 1. The molecular formula is C28H22N2O5S. The smallest absolute Gasteiger partial charge is 0.301 e. The minimum atomic E-state index is -0.856. The Kier molecular flexibility index (Phi) is 6.51. The second-order valence-electron chi connectivity index (χ2n) is 8.06. The molecule has 0 radical (unpaired) electrons. The number of carbonyl (C=O) groups excluding carboxylic acids is 2. The lowest BCUT2D eigenvalue weighted by molar-refractivity contribution is -0.132. The molecule has 0 aliphatic carbocycles. The second kappa shape index (κ2) is 10.1. The zero-order valence-electron chi connectivity index (χ0n) is 19.3. The van der Waals surface area contributed by atoms with E-state index in [1.807, 2.05) is 30.3 Å². The van der Waals surface area contributed by atoms with E-state index in [-0.39, 0.29) is 11.3 Å². The summed E-state index contributed by atoms with van der Waals surface area (Å²) in [5.41, 5.74) is 2.04. The van der Waals surface area contributed by atoms with Crippen LogP contribution >= 0.6 is 11.3 Å². The molecule has 3 aromatic carbocycles. The van der Waals surface area contributed by atoms with Crippen LogP contribution in [-0.2, 0) is 16.2 Å². The summed E-state index contributed by atoms with van der Waals surface area (Å²) in [5, 5.41) is 13.3. The Morgan fingerprint density at radius 3 is 2.47 bits per heavy atom. The largest absolute Gasteiger partial charge is 0.507 e. The molecule has 1 aliphatic rings. The van der Waals surface area contributed by atoms with Gasteiger partial charge in [0, 0.05) is 17.1 Å². The van der Waals surface area contributed by atoms with Crippen LogP contribution in [0.15, 0.2) is 96.0 Å². The van der Waals surface area contributed by atoms with Crippen LogP contribution in [0.5, 0.6) is 11.5 Å². The highest BCUT2D eigenvalue weighted by atomic mass is 32.1. The summed E-state index contributed by atoms with van der Waals surface area (Å²) in [6.45, 7) is 0.410. The highest BCUT2D eigenvalue weighted by Gasteiger charge is 2.48. The van der Waals surface area contributed by atoms with Gasteiger partial charge in [0.1, 0.15) is 23.9 Å². The molecule has 1 fully saturated rings. The van der Waals surface area contributed by atoms with Crippen molar-refractivity contribution in [3.8, 4) is 11.5 Å². The van der Waals surface area contributed by atoms with Crippen molar-refractivity contribution in [2.24, 2.45) is 0 Å². The Labute approximate surface area is 211 Å². The van der Waals surface area contributed by atoms with Crippen LogP contribution in [0.3, 0.4) is 0 Å². The van der Waals surface area contributed by atoms with Gasteiger partial charge < -0.3 is 14.6 Å². The van der Waals surface area contributed by atoms with E-state index in [9.17, 15) is 14.7 Å². The van der Waals surface area contributed by atoms with Crippen LogP contribution in [0.2, 0.25) is 0 Å². The van der Waals surface area contributed by atoms with Gasteiger partial charge in [-0.25, -0.2) is 4.98 Å². The first kappa shape index (κ1) is 23.3. The van der Waals surface area contributed by atoms with Crippen LogP contribution in [0.1, 0.15) is 22.7 Å². The van der Waals surface area contributed by atoms with Crippen molar-refractivity contribution in [2.75, 3.05) is 12.0 Å². The highest BCUT2D eigenvalue weighted by molar-refractivity contribution is 7.14. The van der Waals surface area contributed by atoms with E-state index in [4.69, 9.17) is 9.47 Å². The Morgan fingerprint density at radius 2 is 1.78 bits per heavy atom. The molecule has 1 saturated heterocycles. The van der Waals surface area contributed by atoms with Crippen molar-refractivity contribution in [3.05, 3.63) is 113 Å². The van der Waals surface area contributed by atoms with Crippen molar-refractivity contribution in [3.63, 3.8) is 0 Å². The molecule has 1 aromatic heterocycles. The molecule has 36 heavy (non-hydrogen) atoms. The summed E-state index contributed by atoms with van der Waals surface area (Å²) < 4.78 is 11.1. The van der Waals surface area contributed by atoms with Gasteiger partial charge in [0.05, 0.1) is 18.7 Å². The highest BCUT2D eigenvalue weighted by Crippen LogP contribution is 2.43. The number of methoxy groups -OCH3 is 1. The molecule has 2 heterocycles. The van der Waals surface area contributed by atoms with E-state index in [0.717, 1.165) is 5.56 Å². The van der Waals surface area contributed by atoms with E-state index in [1.165, 1.54) is 23.3 Å². The van der Waals surface area contributed by atoms with Crippen LogP contribution in [-0.4, -0.2) is 28.9 Å². The number of benzene rings is 3. The monoisotopic (exact) mass is 498 g/mol. The van der Waals surface area contributed by atoms with Gasteiger partial charge in [0.2, 0.25) is 0 Å². The van der Waals surface area contributed by atoms with E-state index < -0.39 is 17.7 Å². The van der Waals surface area contributed by atoms with Gasteiger partial charge in [-0.2, -0.15) is 0 Å². The Hall–Kier alpha value is -4.43. The van der Waals surface area contributed by atoms with Crippen molar-refractivity contribution in [1.29, 1.82) is 0 Å². The molecule has 1 amide bonds. The van der Waals surface area contributed by atoms with Crippen molar-refractivity contribution < 1.29 is 24.2 Å². The average Bonchev–Trinajstić information content (AvgIpc) is 3.54. The second-order valence-corrected chi connectivity index (χ2v) is 8.93. The van der Waals surface area contributed by atoms with Crippen molar-refractivity contribution in [2.45, 2.75) is 12.6 Å². The minimum absolute atomic E-state index is 0.0126. The number of ketones is 1. The van der Waals surface area contributed by atoms with Crippen LogP contribution < -0.4 is 14.4 Å². The number of amides is 1. The van der Waals surface area contributed by atoms with Crippen LogP contribution in [0.25, 0.3) is 5.76 Å². The van der Waals surface area contributed by atoms with E-state index in [1.54, 1.807) is 60.1 Å². The molecule has 1 atom stereocenters. The molecule has 8 heteroatoms.